The van der Waals surface area contributed by atoms with Crippen molar-refractivity contribution in [1.29, 1.82) is 0 Å². The summed E-state index contributed by atoms with van der Waals surface area (Å²) in [4.78, 5) is 0. The van der Waals surface area contributed by atoms with Gasteiger partial charge in [0, 0.05) is 13.7 Å². The lowest BCUT2D eigenvalue weighted by Gasteiger charge is -2.57. The maximum atomic E-state index is 6.12. The highest BCUT2D eigenvalue weighted by Gasteiger charge is 2.57. The van der Waals surface area contributed by atoms with Crippen LogP contribution < -0.4 is 11.6 Å². The zero-order chi connectivity index (χ0) is 21.5. The Morgan fingerprint density at radius 1 is 1.10 bits per heavy atom. The molecular formula is C25H46N4O. The first kappa shape index (κ1) is 22.4. The van der Waals surface area contributed by atoms with Crippen LogP contribution in [0.5, 0.6) is 0 Å². The summed E-state index contributed by atoms with van der Waals surface area (Å²) in [5.41, 5.74) is 6.22. The van der Waals surface area contributed by atoms with Crippen LogP contribution in [-0.4, -0.2) is 31.2 Å². The molecule has 5 nitrogen and oxygen atoms in total. The minimum absolute atomic E-state index is 0.489. The van der Waals surface area contributed by atoms with Crippen LogP contribution in [0.4, 0.5) is 0 Å². The van der Waals surface area contributed by atoms with Crippen molar-refractivity contribution < 1.29 is 4.74 Å². The number of hydrazine groups is 1. The Morgan fingerprint density at radius 3 is 2.60 bits per heavy atom. The lowest BCUT2D eigenvalue weighted by Crippen LogP contribution is -2.50. The zero-order valence-corrected chi connectivity index (χ0v) is 19.9. The summed E-state index contributed by atoms with van der Waals surface area (Å²) in [5, 5.41) is 5.82. The standard InChI is InChI=1S/C25H46N4O/c1-16(14-29(27)28-17(2)26)23-9-10-24-22-8-6-19-13-18(15-30-4)5-7-20(19)21(22)11-12-25(23,24)3/h16,18-24H,5-15,27H2,1-4H3,(H2,26,28). The van der Waals surface area contributed by atoms with Crippen molar-refractivity contribution in [2.24, 2.45) is 69.4 Å². The van der Waals surface area contributed by atoms with Gasteiger partial charge in [-0.2, -0.15) is 0 Å². The highest BCUT2D eigenvalue weighted by molar-refractivity contribution is 5.77. The third-order valence-corrected chi connectivity index (χ3v) is 9.99. The van der Waals surface area contributed by atoms with E-state index in [1.54, 1.807) is 12.0 Å². The summed E-state index contributed by atoms with van der Waals surface area (Å²) in [6.45, 7) is 8.60. The van der Waals surface area contributed by atoms with Crippen LogP contribution in [0.15, 0.2) is 5.10 Å². The number of hydrazone groups is 1. The van der Waals surface area contributed by atoms with Crippen molar-refractivity contribution in [1.82, 2.24) is 5.12 Å². The molecule has 0 aromatic heterocycles. The number of hydrogen-bond acceptors (Lipinski definition) is 4. The van der Waals surface area contributed by atoms with Crippen LogP contribution in [-0.2, 0) is 4.74 Å². The van der Waals surface area contributed by atoms with Gasteiger partial charge < -0.3 is 10.5 Å². The van der Waals surface area contributed by atoms with E-state index in [9.17, 15) is 0 Å². The Bertz CT molecular complexity index is 620. The second-order valence-electron chi connectivity index (χ2n) is 11.6. The Balaban J connectivity index is 1.42. The monoisotopic (exact) mass is 418 g/mol. The lowest BCUT2D eigenvalue weighted by molar-refractivity contribution is -0.0782. The summed E-state index contributed by atoms with van der Waals surface area (Å²) < 4.78 is 5.49. The fraction of sp³-hybridized carbons (Fsp3) is 0.960. The topological polar surface area (TPSA) is 76.9 Å². The van der Waals surface area contributed by atoms with Gasteiger partial charge in [-0.05, 0) is 117 Å². The summed E-state index contributed by atoms with van der Waals surface area (Å²) in [5.74, 6) is 13.7. The van der Waals surface area contributed by atoms with Crippen LogP contribution in [0.25, 0.3) is 0 Å². The molecule has 0 aromatic carbocycles. The maximum absolute atomic E-state index is 6.12. The predicted molar refractivity (Wildman–Crippen MR) is 123 cm³/mol. The average molecular weight is 419 g/mol. The van der Waals surface area contributed by atoms with E-state index < -0.39 is 0 Å². The number of nitrogens with zero attached hydrogens (tertiary/aromatic N) is 2. The van der Waals surface area contributed by atoms with Gasteiger partial charge in [0.25, 0.3) is 0 Å². The molecule has 0 amide bonds. The summed E-state index contributed by atoms with van der Waals surface area (Å²) in [6, 6.07) is 0. The van der Waals surface area contributed by atoms with E-state index in [0.29, 0.717) is 17.2 Å². The third kappa shape index (κ3) is 4.13. The highest BCUT2D eigenvalue weighted by atomic mass is 16.5. The predicted octanol–water partition coefficient (Wildman–Crippen LogP) is 4.62. The van der Waals surface area contributed by atoms with Crippen molar-refractivity contribution in [2.45, 2.75) is 78.6 Å². The number of hydrogen-bond donors (Lipinski definition) is 2. The molecule has 4 rings (SSSR count). The Kier molecular flexibility index (Phi) is 6.70. The SMILES string of the molecule is COCC1CCC2C(CCC3C2CCC2(C)C(C(C)CN(N)/N=C(/C)N)CCC32)C1. The molecule has 4 aliphatic rings. The quantitative estimate of drug-likeness (QED) is 0.285. The molecule has 0 saturated heterocycles. The van der Waals surface area contributed by atoms with Gasteiger partial charge in [-0.3, -0.25) is 0 Å². The fourth-order valence-corrected chi connectivity index (χ4v) is 8.98. The molecule has 0 spiro atoms. The molecule has 0 aromatic rings. The largest absolute Gasteiger partial charge is 0.386 e. The van der Waals surface area contributed by atoms with Gasteiger partial charge in [0.05, 0.1) is 6.54 Å². The van der Waals surface area contributed by atoms with Gasteiger partial charge in [0.15, 0.2) is 0 Å². The van der Waals surface area contributed by atoms with Gasteiger partial charge in [-0.1, -0.05) is 13.8 Å². The maximum Gasteiger partial charge on any atom is 0.118 e. The molecule has 0 heterocycles. The highest BCUT2D eigenvalue weighted by Crippen LogP contribution is 2.65. The van der Waals surface area contributed by atoms with E-state index >= 15 is 0 Å². The number of nitrogens with two attached hydrogens (primary N) is 2. The summed E-state index contributed by atoms with van der Waals surface area (Å²) in [6.07, 6.45) is 12.9. The van der Waals surface area contributed by atoms with Crippen LogP contribution in [0.1, 0.15) is 78.6 Å². The van der Waals surface area contributed by atoms with E-state index in [1.807, 2.05) is 7.11 Å². The van der Waals surface area contributed by atoms with Crippen molar-refractivity contribution in [3.63, 3.8) is 0 Å². The number of methoxy groups -OCH3 is 1. The second-order valence-corrected chi connectivity index (χ2v) is 11.6. The molecule has 4 fully saturated rings. The van der Waals surface area contributed by atoms with Crippen LogP contribution >= 0.6 is 0 Å². The molecule has 30 heavy (non-hydrogen) atoms. The fourth-order valence-electron chi connectivity index (χ4n) is 8.98. The van der Waals surface area contributed by atoms with E-state index in [0.717, 1.165) is 54.6 Å². The first-order chi connectivity index (χ1) is 14.3. The summed E-state index contributed by atoms with van der Waals surface area (Å²) in [7, 11) is 1.87. The van der Waals surface area contributed by atoms with E-state index in [2.05, 4.69) is 18.9 Å². The van der Waals surface area contributed by atoms with Crippen LogP contribution in [0.3, 0.4) is 0 Å². The van der Waals surface area contributed by atoms with Gasteiger partial charge in [-0.25, -0.2) is 11.0 Å². The van der Waals surface area contributed by atoms with Gasteiger partial charge >= 0.3 is 0 Å². The molecule has 9 atom stereocenters. The number of fused-ring (bicyclic) bond motifs is 5. The minimum Gasteiger partial charge on any atom is -0.386 e. The number of rotatable bonds is 6. The normalized spacial score (nSPS) is 44.7. The average Bonchev–Trinajstić information content (AvgIpc) is 3.04. The van der Waals surface area contributed by atoms with Crippen molar-refractivity contribution >= 4 is 5.84 Å². The molecule has 5 heteroatoms. The van der Waals surface area contributed by atoms with E-state index in [-0.39, 0.29) is 0 Å². The van der Waals surface area contributed by atoms with Crippen molar-refractivity contribution in [3.05, 3.63) is 0 Å². The Hall–Kier alpha value is -0.810. The third-order valence-electron chi connectivity index (χ3n) is 9.99. The molecule has 4 aliphatic carbocycles. The number of amidine groups is 1. The molecule has 0 aliphatic heterocycles. The summed E-state index contributed by atoms with van der Waals surface area (Å²) >= 11 is 0. The van der Waals surface area contributed by atoms with Crippen LogP contribution in [0.2, 0.25) is 0 Å². The Morgan fingerprint density at radius 2 is 1.87 bits per heavy atom. The molecule has 0 bridgehead atoms. The van der Waals surface area contributed by atoms with Crippen molar-refractivity contribution in [2.75, 3.05) is 20.3 Å². The first-order valence-electron chi connectivity index (χ1n) is 12.6. The van der Waals surface area contributed by atoms with Crippen LogP contribution in [0, 0.1) is 52.8 Å². The van der Waals surface area contributed by atoms with Gasteiger partial charge in [0.2, 0.25) is 0 Å². The molecule has 4 N–H and O–H groups in total. The minimum atomic E-state index is 0.489. The lowest BCUT2D eigenvalue weighted by atomic mass is 9.49. The van der Waals surface area contributed by atoms with Gasteiger partial charge in [0.1, 0.15) is 5.84 Å². The smallest absolute Gasteiger partial charge is 0.118 e. The molecule has 4 saturated carbocycles. The molecule has 9 unspecified atom stereocenters. The van der Waals surface area contributed by atoms with Crippen molar-refractivity contribution in [3.8, 4) is 0 Å². The molecule has 172 valence electrons. The zero-order valence-electron chi connectivity index (χ0n) is 19.9. The first-order valence-corrected chi connectivity index (χ1v) is 12.6. The number of ether oxygens (including phenoxy) is 1. The van der Waals surface area contributed by atoms with Gasteiger partial charge in [-0.15, -0.1) is 5.10 Å². The molecular weight excluding hydrogens is 372 g/mol. The van der Waals surface area contributed by atoms with E-state index in [1.165, 1.54) is 57.8 Å². The van der Waals surface area contributed by atoms with E-state index in [4.69, 9.17) is 16.3 Å². The Labute approximate surface area is 184 Å². The second kappa shape index (κ2) is 8.97. The molecule has 0 radical (unpaired) electrons.